The zero-order valence-corrected chi connectivity index (χ0v) is 8.25. The van der Waals surface area contributed by atoms with Crippen molar-refractivity contribution in [1.29, 1.82) is 0 Å². The molecule has 13 heavy (non-hydrogen) atoms. The van der Waals surface area contributed by atoms with Crippen molar-refractivity contribution in [2.75, 3.05) is 39.8 Å². The maximum Gasteiger partial charge on any atom is 0.0826 e. The Labute approximate surface area is 80.4 Å². The molecule has 1 atom stereocenters. The summed E-state index contributed by atoms with van der Waals surface area (Å²) in [5.74, 6) is 2.64. The molecule has 0 bridgehead atoms. The van der Waals surface area contributed by atoms with Gasteiger partial charge in [0.05, 0.1) is 12.7 Å². The van der Waals surface area contributed by atoms with Gasteiger partial charge >= 0.3 is 0 Å². The molecular weight excluding hydrogens is 164 g/mol. The van der Waals surface area contributed by atoms with Crippen LogP contribution >= 0.6 is 0 Å². The van der Waals surface area contributed by atoms with Crippen LogP contribution in [0.25, 0.3) is 0 Å². The van der Waals surface area contributed by atoms with E-state index in [4.69, 9.17) is 11.2 Å². The highest BCUT2D eigenvalue weighted by Crippen LogP contribution is 1.98. The van der Waals surface area contributed by atoms with Crippen LogP contribution in [0, 0.1) is 12.3 Å². The maximum atomic E-state index is 5.57. The van der Waals surface area contributed by atoms with Crippen LogP contribution in [0.3, 0.4) is 0 Å². The van der Waals surface area contributed by atoms with Gasteiger partial charge in [-0.2, -0.15) is 0 Å². The van der Waals surface area contributed by atoms with Crippen LogP contribution in [-0.2, 0) is 4.74 Å². The molecule has 1 aliphatic heterocycles. The molecule has 1 saturated heterocycles. The molecule has 0 aromatic carbocycles. The molecular formula is C10H18N2O. The van der Waals surface area contributed by atoms with Gasteiger partial charge in [-0.25, -0.2) is 0 Å². The average Bonchev–Trinajstić information content (AvgIpc) is 2.16. The molecule has 0 spiro atoms. The standard InChI is InChI=1S/C10H18N2O/c1-3-4-6-12(2)9-10-8-11-5-7-13-10/h1,10-11H,4-9H2,2H3. The first kappa shape index (κ1) is 10.5. The predicted molar refractivity (Wildman–Crippen MR) is 53.6 cm³/mol. The number of hydrogen-bond donors (Lipinski definition) is 1. The van der Waals surface area contributed by atoms with Crippen molar-refractivity contribution in [2.45, 2.75) is 12.5 Å². The summed E-state index contributed by atoms with van der Waals surface area (Å²) >= 11 is 0. The van der Waals surface area contributed by atoms with E-state index in [0.29, 0.717) is 6.10 Å². The number of nitrogens with zero attached hydrogens (tertiary/aromatic N) is 1. The van der Waals surface area contributed by atoms with Crippen molar-refractivity contribution in [3.05, 3.63) is 0 Å². The first-order valence-electron chi connectivity index (χ1n) is 4.77. The molecule has 74 valence electrons. The second-order valence-corrected chi connectivity index (χ2v) is 3.41. The van der Waals surface area contributed by atoms with Gasteiger partial charge in [-0.05, 0) is 7.05 Å². The van der Waals surface area contributed by atoms with Gasteiger partial charge in [-0.1, -0.05) is 0 Å². The summed E-state index contributed by atoms with van der Waals surface area (Å²) in [7, 11) is 2.08. The maximum absolute atomic E-state index is 5.57. The molecule has 3 heteroatoms. The van der Waals surface area contributed by atoms with Crippen LogP contribution in [0.5, 0.6) is 0 Å². The highest BCUT2D eigenvalue weighted by molar-refractivity contribution is 4.84. The van der Waals surface area contributed by atoms with Crippen molar-refractivity contribution < 1.29 is 4.74 Å². The number of ether oxygens (including phenoxy) is 1. The van der Waals surface area contributed by atoms with Gasteiger partial charge in [-0.3, -0.25) is 0 Å². The molecule has 0 aromatic rings. The molecule has 0 aliphatic carbocycles. The Bertz CT molecular complexity index is 170. The number of nitrogens with one attached hydrogen (secondary N) is 1. The van der Waals surface area contributed by atoms with Crippen molar-refractivity contribution in [2.24, 2.45) is 0 Å². The molecule has 1 rings (SSSR count). The summed E-state index contributed by atoms with van der Waals surface area (Å²) in [6, 6.07) is 0. The molecule has 1 unspecified atom stereocenters. The Balaban J connectivity index is 2.11. The molecule has 0 saturated carbocycles. The fourth-order valence-electron chi connectivity index (χ4n) is 1.43. The summed E-state index contributed by atoms with van der Waals surface area (Å²) in [6.45, 7) is 4.68. The summed E-state index contributed by atoms with van der Waals surface area (Å²) in [4.78, 5) is 2.22. The second kappa shape index (κ2) is 5.98. The summed E-state index contributed by atoms with van der Waals surface area (Å²) in [5.41, 5.74) is 0. The number of likely N-dealkylation sites (N-methyl/N-ethyl adjacent to an activating group) is 1. The van der Waals surface area contributed by atoms with Crippen LogP contribution in [0.2, 0.25) is 0 Å². The smallest absolute Gasteiger partial charge is 0.0826 e. The Morgan fingerprint density at radius 3 is 3.15 bits per heavy atom. The number of hydrogen-bond acceptors (Lipinski definition) is 3. The van der Waals surface area contributed by atoms with E-state index in [9.17, 15) is 0 Å². The first-order chi connectivity index (χ1) is 6.33. The van der Waals surface area contributed by atoms with Crippen molar-refractivity contribution in [1.82, 2.24) is 10.2 Å². The first-order valence-corrected chi connectivity index (χ1v) is 4.77. The fraction of sp³-hybridized carbons (Fsp3) is 0.800. The number of morpholine rings is 1. The quantitative estimate of drug-likeness (QED) is 0.616. The molecule has 0 radical (unpaired) electrons. The minimum Gasteiger partial charge on any atom is -0.374 e. The third-order valence-electron chi connectivity index (χ3n) is 2.16. The number of rotatable bonds is 4. The molecule has 1 aliphatic rings. The lowest BCUT2D eigenvalue weighted by molar-refractivity contribution is 0.0104. The second-order valence-electron chi connectivity index (χ2n) is 3.41. The Morgan fingerprint density at radius 2 is 2.54 bits per heavy atom. The van der Waals surface area contributed by atoms with Gasteiger partial charge in [0, 0.05) is 32.6 Å². The third-order valence-corrected chi connectivity index (χ3v) is 2.16. The SMILES string of the molecule is C#CCCN(C)CC1CNCCO1. The van der Waals surface area contributed by atoms with Crippen LogP contribution in [0.4, 0.5) is 0 Å². The van der Waals surface area contributed by atoms with E-state index in [1.54, 1.807) is 0 Å². The minimum absolute atomic E-state index is 0.330. The van der Waals surface area contributed by atoms with Crippen LogP contribution < -0.4 is 5.32 Å². The van der Waals surface area contributed by atoms with Gasteiger partial charge in [0.25, 0.3) is 0 Å². The summed E-state index contributed by atoms with van der Waals surface area (Å²) in [5, 5.41) is 3.30. The van der Waals surface area contributed by atoms with Gasteiger partial charge in [-0.15, -0.1) is 12.3 Å². The topological polar surface area (TPSA) is 24.5 Å². The van der Waals surface area contributed by atoms with E-state index in [1.165, 1.54) is 0 Å². The van der Waals surface area contributed by atoms with Gasteiger partial charge < -0.3 is 15.0 Å². The molecule has 1 fully saturated rings. The van der Waals surface area contributed by atoms with Gasteiger partial charge in [0.15, 0.2) is 0 Å². The largest absolute Gasteiger partial charge is 0.374 e. The highest BCUT2D eigenvalue weighted by atomic mass is 16.5. The Kier molecular flexibility index (Phi) is 4.84. The van der Waals surface area contributed by atoms with Gasteiger partial charge in [0.1, 0.15) is 0 Å². The van der Waals surface area contributed by atoms with E-state index in [1.807, 2.05) is 0 Å². The van der Waals surface area contributed by atoms with Crippen molar-refractivity contribution in [3.8, 4) is 12.3 Å². The zero-order chi connectivity index (χ0) is 9.52. The molecule has 3 nitrogen and oxygen atoms in total. The lowest BCUT2D eigenvalue weighted by atomic mass is 10.3. The minimum atomic E-state index is 0.330. The van der Waals surface area contributed by atoms with E-state index in [-0.39, 0.29) is 0 Å². The monoisotopic (exact) mass is 182 g/mol. The number of terminal acetylenes is 1. The lowest BCUT2D eigenvalue weighted by Gasteiger charge is -2.27. The van der Waals surface area contributed by atoms with Crippen LogP contribution in [0.1, 0.15) is 6.42 Å². The van der Waals surface area contributed by atoms with Gasteiger partial charge in [0.2, 0.25) is 0 Å². The summed E-state index contributed by atoms with van der Waals surface area (Å²) in [6.07, 6.45) is 6.34. The highest BCUT2D eigenvalue weighted by Gasteiger charge is 2.14. The molecule has 0 aromatic heterocycles. The lowest BCUT2D eigenvalue weighted by Crippen LogP contribution is -2.44. The normalized spacial score (nSPS) is 23.0. The van der Waals surface area contributed by atoms with Crippen LogP contribution in [-0.4, -0.2) is 50.8 Å². The molecule has 0 amide bonds. The Hall–Kier alpha value is -0.560. The third kappa shape index (κ3) is 4.28. The zero-order valence-electron chi connectivity index (χ0n) is 8.25. The van der Waals surface area contributed by atoms with E-state index in [0.717, 1.165) is 39.2 Å². The fourth-order valence-corrected chi connectivity index (χ4v) is 1.43. The Morgan fingerprint density at radius 1 is 1.69 bits per heavy atom. The van der Waals surface area contributed by atoms with Crippen molar-refractivity contribution >= 4 is 0 Å². The van der Waals surface area contributed by atoms with Crippen molar-refractivity contribution in [3.63, 3.8) is 0 Å². The predicted octanol–water partition coefficient (Wildman–Crippen LogP) is -0.0701. The average molecular weight is 182 g/mol. The van der Waals surface area contributed by atoms with Crippen LogP contribution in [0.15, 0.2) is 0 Å². The van der Waals surface area contributed by atoms with E-state index < -0.39 is 0 Å². The van der Waals surface area contributed by atoms with E-state index in [2.05, 4.69) is 23.2 Å². The molecule has 1 heterocycles. The summed E-state index contributed by atoms with van der Waals surface area (Å²) < 4.78 is 5.57. The molecule has 1 N–H and O–H groups in total. The van der Waals surface area contributed by atoms with E-state index >= 15 is 0 Å².